The van der Waals surface area contributed by atoms with Crippen molar-refractivity contribution in [3.8, 4) is 0 Å². The minimum absolute atomic E-state index is 0.0198. The maximum atomic E-state index is 12.1. The van der Waals surface area contributed by atoms with Gasteiger partial charge in [0.1, 0.15) is 5.82 Å². The third-order valence-corrected chi connectivity index (χ3v) is 5.32. The normalized spacial score (nSPS) is 15.8. The molecular formula is C18H24N4OS. The summed E-state index contributed by atoms with van der Waals surface area (Å²) in [5.41, 5.74) is 1.07. The van der Waals surface area contributed by atoms with Crippen LogP contribution in [-0.4, -0.2) is 24.1 Å². The van der Waals surface area contributed by atoms with Crippen LogP contribution in [0.1, 0.15) is 42.7 Å². The molecule has 0 saturated carbocycles. The van der Waals surface area contributed by atoms with Crippen LogP contribution in [0.25, 0.3) is 0 Å². The molecule has 5 nitrogen and oxygen atoms in total. The maximum absolute atomic E-state index is 12.1. The monoisotopic (exact) mass is 344 g/mol. The van der Waals surface area contributed by atoms with E-state index >= 15 is 0 Å². The second-order valence-electron chi connectivity index (χ2n) is 6.13. The first kappa shape index (κ1) is 16.8. The zero-order valence-corrected chi connectivity index (χ0v) is 14.8. The fourth-order valence-corrected chi connectivity index (χ4v) is 3.64. The summed E-state index contributed by atoms with van der Waals surface area (Å²) >= 11 is 1.65. The van der Waals surface area contributed by atoms with Gasteiger partial charge in [0.05, 0.1) is 6.04 Å². The Balaban J connectivity index is 1.51. The Morgan fingerprint density at radius 2 is 2.17 bits per heavy atom. The van der Waals surface area contributed by atoms with Gasteiger partial charge in [-0.15, -0.1) is 11.3 Å². The molecule has 1 saturated heterocycles. The summed E-state index contributed by atoms with van der Waals surface area (Å²) in [6.45, 7) is 4.64. The summed E-state index contributed by atoms with van der Waals surface area (Å²) in [4.78, 5) is 20.0. The first-order chi connectivity index (χ1) is 11.7. The van der Waals surface area contributed by atoms with E-state index < -0.39 is 0 Å². The summed E-state index contributed by atoms with van der Waals surface area (Å²) in [6.07, 6.45) is 5.59. The second-order valence-corrected chi connectivity index (χ2v) is 7.11. The standard InChI is InChI=1S/C18H24N4OS/c1-14(16-6-5-11-24-16)21-18(23)20-13-15-7-8-19-17(12-15)22-9-3-2-4-10-22/h5-8,11-12,14H,2-4,9-10,13H2,1H3,(H2,20,21,23). The smallest absolute Gasteiger partial charge is 0.315 e. The van der Waals surface area contributed by atoms with Gasteiger partial charge in [-0.25, -0.2) is 9.78 Å². The van der Waals surface area contributed by atoms with Gasteiger partial charge >= 0.3 is 6.03 Å². The van der Waals surface area contributed by atoms with Crippen molar-refractivity contribution in [2.45, 2.75) is 38.8 Å². The van der Waals surface area contributed by atoms with Crippen molar-refractivity contribution >= 4 is 23.2 Å². The van der Waals surface area contributed by atoms with E-state index in [1.807, 2.05) is 36.7 Å². The first-order valence-electron chi connectivity index (χ1n) is 8.50. The van der Waals surface area contributed by atoms with Gasteiger partial charge in [0.2, 0.25) is 0 Å². The molecule has 128 valence electrons. The van der Waals surface area contributed by atoms with Gasteiger partial charge in [-0.2, -0.15) is 0 Å². The molecule has 1 atom stereocenters. The molecule has 1 fully saturated rings. The molecule has 1 aliphatic rings. The van der Waals surface area contributed by atoms with Crippen molar-refractivity contribution in [2.75, 3.05) is 18.0 Å². The van der Waals surface area contributed by atoms with E-state index in [4.69, 9.17) is 0 Å². The van der Waals surface area contributed by atoms with Crippen molar-refractivity contribution in [2.24, 2.45) is 0 Å². The van der Waals surface area contributed by atoms with E-state index in [1.165, 1.54) is 19.3 Å². The van der Waals surface area contributed by atoms with Crippen LogP contribution in [0.15, 0.2) is 35.8 Å². The fraction of sp³-hybridized carbons (Fsp3) is 0.444. The predicted molar refractivity (Wildman–Crippen MR) is 98.4 cm³/mol. The van der Waals surface area contributed by atoms with E-state index in [9.17, 15) is 4.79 Å². The molecule has 2 aromatic heterocycles. The van der Waals surface area contributed by atoms with Crippen LogP contribution in [0, 0.1) is 0 Å². The second kappa shape index (κ2) is 8.15. The van der Waals surface area contributed by atoms with Gasteiger partial charge in [0.25, 0.3) is 0 Å². The number of pyridine rings is 1. The largest absolute Gasteiger partial charge is 0.357 e. The van der Waals surface area contributed by atoms with Crippen molar-refractivity contribution in [1.29, 1.82) is 0 Å². The van der Waals surface area contributed by atoms with Crippen LogP contribution in [-0.2, 0) is 6.54 Å². The third-order valence-electron chi connectivity index (χ3n) is 4.26. The summed E-state index contributed by atoms with van der Waals surface area (Å²) in [5.74, 6) is 1.02. The molecule has 2 N–H and O–H groups in total. The van der Waals surface area contributed by atoms with E-state index in [0.717, 1.165) is 29.3 Å². The minimum atomic E-state index is -0.146. The molecule has 1 aliphatic heterocycles. The highest BCUT2D eigenvalue weighted by Crippen LogP contribution is 2.19. The van der Waals surface area contributed by atoms with Crippen LogP contribution in [0.5, 0.6) is 0 Å². The number of nitrogens with zero attached hydrogens (tertiary/aromatic N) is 2. The molecule has 3 heterocycles. The van der Waals surface area contributed by atoms with Crippen molar-refractivity contribution in [3.05, 3.63) is 46.3 Å². The lowest BCUT2D eigenvalue weighted by atomic mass is 10.1. The number of aromatic nitrogens is 1. The van der Waals surface area contributed by atoms with Gasteiger partial charge < -0.3 is 15.5 Å². The average Bonchev–Trinajstić information content (AvgIpc) is 3.16. The van der Waals surface area contributed by atoms with Crippen LogP contribution >= 0.6 is 11.3 Å². The number of rotatable bonds is 5. The summed E-state index contributed by atoms with van der Waals surface area (Å²) in [7, 11) is 0. The number of anilines is 1. The highest BCUT2D eigenvalue weighted by Gasteiger charge is 2.13. The third kappa shape index (κ3) is 4.47. The molecule has 0 aliphatic carbocycles. The molecule has 0 bridgehead atoms. The number of piperidine rings is 1. The Hall–Kier alpha value is -2.08. The van der Waals surface area contributed by atoms with Gasteiger partial charge in [0, 0.05) is 30.7 Å². The van der Waals surface area contributed by atoms with Gasteiger partial charge in [-0.3, -0.25) is 0 Å². The molecule has 3 rings (SSSR count). The number of urea groups is 1. The highest BCUT2D eigenvalue weighted by molar-refractivity contribution is 7.10. The number of amides is 2. The molecule has 0 aromatic carbocycles. The van der Waals surface area contributed by atoms with E-state index in [-0.39, 0.29) is 12.1 Å². The van der Waals surface area contributed by atoms with Crippen LogP contribution < -0.4 is 15.5 Å². The van der Waals surface area contributed by atoms with Gasteiger partial charge in [-0.1, -0.05) is 6.07 Å². The van der Waals surface area contributed by atoms with Gasteiger partial charge in [0.15, 0.2) is 0 Å². The van der Waals surface area contributed by atoms with Crippen LogP contribution in [0.4, 0.5) is 10.6 Å². The van der Waals surface area contributed by atoms with E-state index in [2.05, 4.69) is 26.6 Å². The van der Waals surface area contributed by atoms with Crippen molar-refractivity contribution < 1.29 is 4.79 Å². The SMILES string of the molecule is CC(NC(=O)NCc1ccnc(N2CCCCC2)c1)c1cccs1. The Morgan fingerprint density at radius 1 is 1.33 bits per heavy atom. The number of thiophene rings is 1. The molecule has 1 unspecified atom stereocenters. The molecule has 0 radical (unpaired) electrons. The number of hydrogen-bond donors (Lipinski definition) is 2. The van der Waals surface area contributed by atoms with Crippen molar-refractivity contribution in [3.63, 3.8) is 0 Å². The number of carbonyl (C=O) groups is 1. The number of nitrogens with one attached hydrogen (secondary N) is 2. The summed E-state index contributed by atoms with van der Waals surface area (Å²) in [5, 5.41) is 7.91. The lowest BCUT2D eigenvalue weighted by molar-refractivity contribution is 0.237. The summed E-state index contributed by atoms with van der Waals surface area (Å²) in [6, 6.07) is 7.93. The average molecular weight is 344 g/mol. The van der Waals surface area contributed by atoms with E-state index in [1.54, 1.807) is 11.3 Å². The molecule has 24 heavy (non-hydrogen) atoms. The number of carbonyl (C=O) groups excluding carboxylic acids is 1. The molecule has 2 aromatic rings. The molecule has 2 amide bonds. The Morgan fingerprint density at radius 3 is 2.92 bits per heavy atom. The Labute approximate surface area is 147 Å². The van der Waals surface area contributed by atoms with E-state index in [0.29, 0.717) is 6.54 Å². The topological polar surface area (TPSA) is 57.3 Å². The fourth-order valence-electron chi connectivity index (χ4n) is 2.91. The Kier molecular flexibility index (Phi) is 5.69. The van der Waals surface area contributed by atoms with Crippen LogP contribution in [0.3, 0.4) is 0 Å². The lowest BCUT2D eigenvalue weighted by Gasteiger charge is -2.27. The predicted octanol–water partition coefficient (Wildman–Crippen LogP) is 3.69. The molecule has 0 spiro atoms. The maximum Gasteiger partial charge on any atom is 0.315 e. The minimum Gasteiger partial charge on any atom is -0.357 e. The molecular weight excluding hydrogens is 320 g/mol. The summed E-state index contributed by atoms with van der Waals surface area (Å²) < 4.78 is 0. The van der Waals surface area contributed by atoms with Crippen molar-refractivity contribution in [1.82, 2.24) is 15.6 Å². The van der Waals surface area contributed by atoms with Gasteiger partial charge in [-0.05, 0) is 55.3 Å². The quantitative estimate of drug-likeness (QED) is 0.870. The highest BCUT2D eigenvalue weighted by atomic mass is 32.1. The Bertz CT molecular complexity index is 653. The zero-order chi connectivity index (χ0) is 16.8. The lowest BCUT2D eigenvalue weighted by Crippen LogP contribution is -2.36. The zero-order valence-electron chi connectivity index (χ0n) is 14.0. The first-order valence-corrected chi connectivity index (χ1v) is 9.38. The number of hydrogen-bond acceptors (Lipinski definition) is 4. The molecule has 6 heteroatoms. The van der Waals surface area contributed by atoms with Crippen LogP contribution in [0.2, 0.25) is 0 Å².